The number of aryl methyl sites for hydroxylation is 2. The molecule has 1 aromatic carbocycles. The zero-order valence-electron chi connectivity index (χ0n) is 11.2. The van der Waals surface area contributed by atoms with E-state index in [1.165, 1.54) is 11.1 Å². The lowest BCUT2D eigenvalue weighted by Crippen LogP contribution is -2.01. The van der Waals surface area contributed by atoms with Crippen LogP contribution in [0.15, 0.2) is 30.7 Å². The van der Waals surface area contributed by atoms with Crippen LogP contribution >= 0.6 is 0 Å². The average molecular weight is 253 g/mol. The minimum atomic E-state index is 0.793. The SMILES string of the molecule is CNc1ncnc2c1cnn2-c1cc(C)ccc1C. The van der Waals surface area contributed by atoms with Gasteiger partial charge in [0.05, 0.1) is 17.3 Å². The molecule has 0 aliphatic rings. The van der Waals surface area contributed by atoms with Crippen LogP contribution < -0.4 is 5.32 Å². The van der Waals surface area contributed by atoms with Gasteiger partial charge in [0.25, 0.3) is 0 Å². The Morgan fingerprint density at radius 2 is 2.00 bits per heavy atom. The van der Waals surface area contributed by atoms with E-state index in [4.69, 9.17) is 0 Å². The lowest BCUT2D eigenvalue weighted by molar-refractivity contribution is 0.886. The molecule has 2 heterocycles. The Morgan fingerprint density at radius 3 is 2.79 bits per heavy atom. The van der Waals surface area contributed by atoms with Crippen molar-refractivity contribution in [2.24, 2.45) is 0 Å². The molecule has 0 aliphatic carbocycles. The summed E-state index contributed by atoms with van der Waals surface area (Å²) in [6.07, 6.45) is 3.35. The van der Waals surface area contributed by atoms with Crippen LogP contribution in [0.3, 0.4) is 0 Å². The van der Waals surface area contributed by atoms with Crippen molar-refractivity contribution >= 4 is 16.9 Å². The number of aromatic nitrogens is 4. The van der Waals surface area contributed by atoms with Crippen molar-refractivity contribution in [1.29, 1.82) is 0 Å². The summed E-state index contributed by atoms with van der Waals surface area (Å²) < 4.78 is 1.86. The molecule has 96 valence electrons. The fourth-order valence-corrected chi connectivity index (χ4v) is 2.17. The van der Waals surface area contributed by atoms with Gasteiger partial charge in [0.1, 0.15) is 12.1 Å². The molecule has 5 heteroatoms. The molecule has 0 aliphatic heterocycles. The number of benzene rings is 1. The number of rotatable bonds is 2. The average Bonchev–Trinajstić information content (AvgIpc) is 2.85. The normalized spacial score (nSPS) is 10.9. The van der Waals surface area contributed by atoms with Crippen molar-refractivity contribution in [2.45, 2.75) is 13.8 Å². The van der Waals surface area contributed by atoms with Gasteiger partial charge in [0.15, 0.2) is 5.65 Å². The molecule has 0 atom stereocenters. The summed E-state index contributed by atoms with van der Waals surface area (Å²) in [5, 5.41) is 8.43. The Hall–Kier alpha value is -2.43. The molecule has 0 bridgehead atoms. The number of hydrogen-bond donors (Lipinski definition) is 1. The van der Waals surface area contributed by atoms with Gasteiger partial charge in [-0.05, 0) is 31.0 Å². The monoisotopic (exact) mass is 253 g/mol. The summed E-state index contributed by atoms with van der Waals surface area (Å²) in [5.41, 5.74) is 4.23. The molecular weight excluding hydrogens is 238 g/mol. The molecule has 2 aromatic heterocycles. The van der Waals surface area contributed by atoms with Crippen LogP contribution in [0, 0.1) is 13.8 Å². The summed E-state index contributed by atoms with van der Waals surface area (Å²) in [4.78, 5) is 8.54. The highest BCUT2D eigenvalue weighted by atomic mass is 15.3. The molecule has 0 amide bonds. The fourth-order valence-electron chi connectivity index (χ4n) is 2.17. The van der Waals surface area contributed by atoms with Crippen LogP contribution in [-0.2, 0) is 0 Å². The number of hydrogen-bond acceptors (Lipinski definition) is 4. The maximum Gasteiger partial charge on any atom is 0.168 e. The molecule has 0 radical (unpaired) electrons. The van der Waals surface area contributed by atoms with Crippen LogP contribution in [0.4, 0.5) is 5.82 Å². The van der Waals surface area contributed by atoms with Gasteiger partial charge in [-0.1, -0.05) is 12.1 Å². The van der Waals surface area contributed by atoms with E-state index in [-0.39, 0.29) is 0 Å². The standard InChI is InChI=1S/C14H15N5/c1-9-4-5-10(2)12(6-9)19-14-11(7-18-19)13(15-3)16-8-17-14/h4-8H,1-3H3,(H,15,16,17). The second kappa shape index (κ2) is 4.35. The molecule has 3 rings (SSSR count). The van der Waals surface area contributed by atoms with E-state index in [1.807, 2.05) is 11.7 Å². The molecule has 3 aromatic rings. The van der Waals surface area contributed by atoms with Crippen molar-refractivity contribution in [3.63, 3.8) is 0 Å². The number of anilines is 1. The fraction of sp³-hybridized carbons (Fsp3) is 0.214. The van der Waals surface area contributed by atoms with Crippen LogP contribution in [0.5, 0.6) is 0 Å². The zero-order chi connectivity index (χ0) is 13.4. The Morgan fingerprint density at radius 1 is 1.16 bits per heavy atom. The van der Waals surface area contributed by atoms with E-state index in [0.29, 0.717) is 0 Å². The van der Waals surface area contributed by atoms with E-state index in [1.54, 1.807) is 12.5 Å². The van der Waals surface area contributed by atoms with E-state index in [2.05, 4.69) is 52.4 Å². The summed E-state index contributed by atoms with van der Waals surface area (Å²) in [7, 11) is 1.84. The van der Waals surface area contributed by atoms with Crippen LogP contribution in [-0.4, -0.2) is 26.8 Å². The first-order valence-corrected chi connectivity index (χ1v) is 6.15. The summed E-state index contributed by atoms with van der Waals surface area (Å²) in [5.74, 6) is 0.793. The van der Waals surface area contributed by atoms with Crippen LogP contribution in [0.1, 0.15) is 11.1 Å². The van der Waals surface area contributed by atoms with Crippen molar-refractivity contribution in [1.82, 2.24) is 19.7 Å². The molecule has 0 saturated heterocycles. The van der Waals surface area contributed by atoms with Crippen molar-refractivity contribution in [3.05, 3.63) is 41.9 Å². The number of nitrogens with one attached hydrogen (secondary N) is 1. The number of fused-ring (bicyclic) bond motifs is 1. The smallest absolute Gasteiger partial charge is 0.168 e. The highest BCUT2D eigenvalue weighted by Gasteiger charge is 2.11. The van der Waals surface area contributed by atoms with Gasteiger partial charge in [0, 0.05) is 7.05 Å². The summed E-state index contributed by atoms with van der Waals surface area (Å²) in [6.45, 7) is 4.14. The minimum absolute atomic E-state index is 0.793. The van der Waals surface area contributed by atoms with Crippen molar-refractivity contribution in [2.75, 3.05) is 12.4 Å². The minimum Gasteiger partial charge on any atom is -0.372 e. The topological polar surface area (TPSA) is 55.6 Å². The lowest BCUT2D eigenvalue weighted by Gasteiger charge is -2.08. The van der Waals surface area contributed by atoms with Crippen LogP contribution in [0.2, 0.25) is 0 Å². The number of nitrogens with zero attached hydrogens (tertiary/aromatic N) is 4. The first kappa shape index (κ1) is 11.6. The highest BCUT2D eigenvalue weighted by molar-refractivity contribution is 5.87. The molecule has 1 N–H and O–H groups in total. The molecule has 0 saturated carbocycles. The molecule has 0 unspecified atom stereocenters. The van der Waals surface area contributed by atoms with Gasteiger partial charge in [-0.15, -0.1) is 0 Å². The van der Waals surface area contributed by atoms with Gasteiger partial charge >= 0.3 is 0 Å². The Labute approximate surface area is 111 Å². The molecule has 19 heavy (non-hydrogen) atoms. The molecule has 0 spiro atoms. The predicted octanol–water partition coefficient (Wildman–Crippen LogP) is 2.47. The summed E-state index contributed by atoms with van der Waals surface area (Å²) >= 11 is 0. The van der Waals surface area contributed by atoms with Crippen LogP contribution in [0.25, 0.3) is 16.7 Å². The van der Waals surface area contributed by atoms with E-state index >= 15 is 0 Å². The van der Waals surface area contributed by atoms with E-state index in [9.17, 15) is 0 Å². The van der Waals surface area contributed by atoms with Gasteiger partial charge in [-0.3, -0.25) is 0 Å². The van der Waals surface area contributed by atoms with Crippen molar-refractivity contribution < 1.29 is 0 Å². The first-order chi connectivity index (χ1) is 9.20. The molecular formula is C14H15N5. The maximum absolute atomic E-state index is 4.45. The third-order valence-electron chi connectivity index (χ3n) is 3.20. The lowest BCUT2D eigenvalue weighted by atomic mass is 10.1. The highest BCUT2D eigenvalue weighted by Crippen LogP contribution is 2.23. The van der Waals surface area contributed by atoms with Gasteiger partial charge < -0.3 is 5.32 Å². The maximum atomic E-state index is 4.45. The molecule has 0 fully saturated rings. The largest absolute Gasteiger partial charge is 0.372 e. The first-order valence-electron chi connectivity index (χ1n) is 6.15. The molecule has 5 nitrogen and oxygen atoms in total. The Balaban J connectivity index is 2.29. The van der Waals surface area contributed by atoms with Gasteiger partial charge in [-0.2, -0.15) is 5.10 Å². The third kappa shape index (κ3) is 1.83. The predicted molar refractivity (Wildman–Crippen MR) is 75.7 cm³/mol. The Kier molecular flexibility index (Phi) is 2.67. The van der Waals surface area contributed by atoms with Gasteiger partial charge in [0.2, 0.25) is 0 Å². The summed E-state index contributed by atoms with van der Waals surface area (Å²) in [6, 6.07) is 6.31. The third-order valence-corrected chi connectivity index (χ3v) is 3.20. The second-order valence-electron chi connectivity index (χ2n) is 4.56. The van der Waals surface area contributed by atoms with E-state index < -0.39 is 0 Å². The quantitative estimate of drug-likeness (QED) is 0.762. The Bertz CT molecular complexity index is 745. The van der Waals surface area contributed by atoms with Gasteiger partial charge in [-0.25, -0.2) is 14.6 Å². The van der Waals surface area contributed by atoms with Crippen molar-refractivity contribution in [3.8, 4) is 5.69 Å². The van der Waals surface area contributed by atoms with E-state index in [0.717, 1.165) is 22.5 Å². The zero-order valence-corrected chi connectivity index (χ0v) is 11.2. The second-order valence-corrected chi connectivity index (χ2v) is 4.56.